The van der Waals surface area contributed by atoms with Crippen LogP contribution in [0.15, 0.2) is 35.5 Å². The van der Waals surface area contributed by atoms with Gasteiger partial charge in [-0.25, -0.2) is 0 Å². The summed E-state index contributed by atoms with van der Waals surface area (Å²) < 4.78 is 2.10. The third-order valence-corrected chi connectivity index (χ3v) is 4.80. The molecule has 6 heteroatoms. The molecule has 2 atom stereocenters. The largest absolute Gasteiger partial charge is 0.344 e. The number of hydrogen-bond acceptors (Lipinski definition) is 4. The quantitative estimate of drug-likeness (QED) is 0.620. The molecule has 0 aliphatic rings. The number of aromatic nitrogens is 3. The highest BCUT2D eigenvalue weighted by atomic mass is 32.2. The van der Waals surface area contributed by atoms with Crippen LogP contribution < -0.4 is 5.32 Å². The van der Waals surface area contributed by atoms with Crippen LogP contribution in [0.5, 0.6) is 0 Å². The van der Waals surface area contributed by atoms with Crippen molar-refractivity contribution in [2.75, 3.05) is 6.54 Å². The minimum absolute atomic E-state index is 0.0992. The van der Waals surface area contributed by atoms with Crippen molar-refractivity contribution < 1.29 is 4.79 Å². The Hall–Kier alpha value is -2.26. The topological polar surface area (TPSA) is 59.8 Å². The van der Waals surface area contributed by atoms with E-state index in [9.17, 15) is 4.79 Å². The van der Waals surface area contributed by atoms with E-state index in [0.717, 1.165) is 23.0 Å². The predicted molar refractivity (Wildman–Crippen MR) is 97.6 cm³/mol. The van der Waals surface area contributed by atoms with E-state index in [0.29, 0.717) is 0 Å². The molecule has 0 saturated carbocycles. The molecule has 1 aromatic carbocycles. The molecule has 2 unspecified atom stereocenters. The van der Waals surface area contributed by atoms with Crippen LogP contribution in [0.25, 0.3) is 11.4 Å². The van der Waals surface area contributed by atoms with Gasteiger partial charge in [0.05, 0.1) is 11.8 Å². The number of carbonyl (C=O) groups excluding carboxylic acids is 1. The van der Waals surface area contributed by atoms with Crippen molar-refractivity contribution in [1.82, 2.24) is 20.1 Å². The molecule has 0 radical (unpaired) electrons. The molecule has 5 nitrogen and oxygen atoms in total. The van der Waals surface area contributed by atoms with Crippen molar-refractivity contribution in [2.45, 2.75) is 43.6 Å². The second-order valence-corrected chi connectivity index (χ2v) is 6.79. The van der Waals surface area contributed by atoms with E-state index >= 15 is 0 Å². The number of benzene rings is 1. The van der Waals surface area contributed by atoms with Crippen LogP contribution in [0.1, 0.15) is 33.2 Å². The summed E-state index contributed by atoms with van der Waals surface area (Å²) in [6.45, 7) is 6.32. The third-order valence-electron chi connectivity index (χ3n) is 3.74. The number of nitrogens with zero attached hydrogens (tertiary/aromatic N) is 3. The lowest BCUT2D eigenvalue weighted by Crippen LogP contribution is -2.31. The minimum Gasteiger partial charge on any atom is -0.344 e. The van der Waals surface area contributed by atoms with Gasteiger partial charge in [0.2, 0.25) is 5.91 Å². The summed E-state index contributed by atoms with van der Waals surface area (Å²) in [7, 11) is 0. The van der Waals surface area contributed by atoms with Crippen LogP contribution in [0, 0.1) is 12.3 Å². The molecule has 24 heavy (non-hydrogen) atoms. The van der Waals surface area contributed by atoms with Crippen LogP contribution in [0.2, 0.25) is 0 Å². The number of carbonyl (C=O) groups is 1. The fraction of sp³-hybridized carbons (Fsp3) is 0.389. The van der Waals surface area contributed by atoms with Gasteiger partial charge in [-0.1, -0.05) is 54.9 Å². The van der Waals surface area contributed by atoms with Crippen molar-refractivity contribution in [1.29, 1.82) is 0 Å². The Morgan fingerprint density at radius 1 is 1.33 bits per heavy atom. The second kappa shape index (κ2) is 8.55. The molecule has 0 fully saturated rings. The van der Waals surface area contributed by atoms with E-state index in [4.69, 9.17) is 6.42 Å². The van der Waals surface area contributed by atoms with Crippen LogP contribution >= 0.6 is 11.8 Å². The SMILES string of the molecule is C#CCNC(=O)C(C)Sc1nnc(-c2ccccc2)n1C(C)CC. The molecule has 1 heterocycles. The number of thioether (sulfide) groups is 1. The first kappa shape index (κ1) is 18.1. The molecule has 1 amide bonds. The number of nitrogens with one attached hydrogen (secondary N) is 1. The maximum Gasteiger partial charge on any atom is 0.234 e. The first-order valence-corrected chi connectivity index (χ1v) is 8.84. The van der Waals surface area contributed by atoms with Crippen LogP contribution in [-0.4, -0.2) is 32.5 Å². The molecule has 2 rings (SSSR count). The van der Waals surface area contributed by atoms with Gasteiger partial charge in [0, 0.05) is 11.6 Å². The third kappa shape index (κ3) is 4.18. The molecule has 0 bridgehead atoms. The van der Waals surface area contributed by atoms with Crippen LogP contribution in [0.3, 0.4) is 0 Å². The zero-order chi connectivity index (χ0) is 17.5. The number of hydrogen-bond donors (Lipinski definition) is 1. The number of terminal acetylenes is 1. The summed E-state index contributed by atoms with van der Waals surface area (Å²) >= 11 is 1.40. The fourth-order valence-electron chi connectivity index (χ4n) is 2.21. The Morgan fingerprint density at radius 3 is 2.67 bits per heavy atom. The summed E-state index contributed by atoms with van der Waals surface area (Å²) in [5, 5.41) is 11.8. The van der Waals surface area contributed by atoms with Gasteiger partial charge in [-0.15, -0.1) is 16.6 Å². The molecule has 0 aliphatic carbocycles. The molecular weight excluding hydrogens is 320 g/mol. The molecule has 1 aromatic heterocycles. The monoisotopic (exact) mass is 342 g/mol. The van der Waals surface area contributed by atoms with E-state index in [1.807, 2.05) is 37.3 Å². The number of amides is 1. The zero-order valence-electron chi connectivity index (χ0n) is 14.2. The van der Waals surface area contributed by atoms with Crippen molar-refractivity contribution >= 4 is 17.7 Å². The van der Waals surface area contributed by atoms with Gasteiger partial charge in [-0.2, -0.15) is 0 Å². The fourth-order valence-corrected chi connectivity index (χ4v) is 3.19. The van der Waals surface area contributed by atoms with Crippen LogP contribution in [-0.2, 0) is 4.79 Å². The normalized spacial score (nSPS) is 13.1. The van der Waals surface area contributed by atoms with Gasteiger partial charge in [-0.05, 0) is 20.3 Å². The Balaban J connectivity index is 2.29. The molecule has 1 N–H and O–H groups in total. The summed E-state index contributed by atoms with van der Waals surface area (Å²) in [4.78, 5) is 12.0. The van der Waals surface area contributed by atoms with E-state index in [2.05, 4.69) is 39.8 Å². The Kier molecular flexibility index (Phi) is 6.44. The van der Waals surface area contributed by atoms with Gasteiger partial charge in [0.25, 0.3) is 0 Å². The van der Waals surface area contributed by atoms with Crippen LogP contribution in [0.4, 0.5) is 0 Å². The van der Waals surface area contributed by atoms with E-state index in [1.165, 1.54) is 11.8 Å². The van der Waals surface area contributed by atoms with Gasteiger partial charge < -0.3 is 5.32 Å². The highest BCUT2D eigenvalue weighted by Gasteiger charge is 2.22. The molecule has 0 saturated heterocycles. The first-order chi connectivity index (χ1) is 11.6. The number of rotatable bonds is 7. The Bertz CT molecular complexity index is 720. The van der Waals surface area contributed by atoms with Crippen molar-refractivity contribution in [3.8, 4) is 23.7 Å². The summed E-state index contributed by atoms with van der Waals surface area (Å²) in [5.41, 5.74) is 1.02. The maximum absolute atomic E-state index is 12.0. The Morgan fingerprint density at radius 2 is 2.04 bits per heavy atom. The lowest BCUT2D eigenvalue weighted by molar-refractivity contribution is -0.120. The van der Waals surface area contributed by atoms with E-state index in [1.54, 1.807) is 0 Å². The highest BCUT2D eigenvalue weighted by molar-refractivity contribution is 8.00. The average molecular weight is 342 g/mol. The molecule has 2 aromatic rings. The van der Waals surface area contributed by atoms with Gasteiger partial charge in [0.15, 0.2) is 11.0 Å². The molecular formula is C18H22N4OS. The van der Waals surface area contributed by atoms with Gasteiger partial charge in [0.1, 0.15) is 0 Å². The van der Waals surface area contributed by atoms with Crippen molar-refractivity contribution in [3.05, 3.63) is 30.3 Å². The minimum atomic E-state index is -0.297. The van der Waals surface area contributed by atoms with Gasteiger partial charge >= 0.3 is 0 Å². The van der Waals surface area contributed by atoms with E-state index < -0.39 is 0 Å². The van der Waals surface area contributed by atoms with Crippen molar-refractivity contribution in [3.63, 3.8) is 0 Å². The summed E-state index contributed by atoms with van der Waals surface area (Å²) in [6.07, 6.45) is 6.13. The summed E-state index contributed by atoms with van der Waals surface area (Å²) in [6, 6.07) is 10.2. The zero-order valence-corrected chi connectivity index (χ0v) is 15.0. The molecule has 0 aliphatic heterocycles. The van der Waals surface area contributed by atoms with E-state index in [-0.39, 0.29) is 23.7 Å². The Labute approximate surface area is 147 Å². The first-order valence-electron chi connectivity index (χ1n) is 7.96. The molecule has 126 valence electrons. The lowest BCUT2D eigenvalue weighted by Gasteiger charge is -2.18. The maximum atomic E-state index is 12.0. The average Bonchev–Trinajstić information content (AvgIpc) is 3.03. The van der Waals surface area contributed by atoms with Crippen molar-refractivity contribution in [2.24, 2.45) is 0 Å². The standard InChI is InChI=1S/C18H22N4OS/c1-5-12-19-17(23)14(4)24-18-21-20-16(22(18)13(3)6-2)15-10-8-7-9-11-15/h1,7-11,13-14H,6,12H2,2-4H3,(H,19,23). The molecule has 0 spiro atoms. The summed E-state index contributed by atoms with van der Waals surface area (Å²) in [5.74, 6) is 3.13. The smallest absolute Gasteiger partial charge is 0.234 e. The van der Waals surface area contributed by atoms with Gasteiger partial charge in [-0.3, -0.25) is 9.36 Å². The predicted octanol–water partition coefficient (Wildman–Crippen LogP) is 3.15. The highest BCUT2D eigenvalue weighted by Crippen LogP contribution is 2.30. The second-order valence-electron chi connectivity index (χ2n) is 5.48. The lowest BCUT2D eigenvalue weighted by atomic mass is 10.2.